The summed E-state index contributed by atoms with van der Waals surface area (Å²) in [5.41, 5.74) is 2.12. The topological polar surface area (TPSA) is 76.2 Å². The molecule has 1 aliphatic heterocycles. The number of amides is 1. The molecule has 2 aromatic rings. The number of rotatable bonds is 8. The summed E-state index contributed by atoms with van der Waals surface area (Å²) < 4.78 is 37.4. The third-order valence-corrected chi connectivity index (χ3v) is 7.32. The third kappa shape index (κ3) is 5.77. The van der Waals surface area contributed by atoms with E-state index in [1.165, 1.54) is 0 Å². The van der Waals surface area contributed by atoms with Gasteiger partial charge in [0.15, 0.2) is 11.5 Å². The Morgan fingerprint density at radius 1 is 0.935 bits per heavy atom. The van der Waals surface area contributed by atoms with Crippen molar-refractivity contribution in [1.29, 1.82) is 0 Å². The van der Waals surface area contributed by atoms with Crippen LogP contribution in [-0.2, 0) is 22.3 Å². The number of hydrogen-bond donors (Lipinski definition) is 0. The second kappa shape index (κ2) is 10.2. The molecule has 1 heterocycles. The molecule has 0 radical (unpaired) electrons. The first-order valence-corrected chi connectivity index (χ1v) is 12.0. The van der Waals surface area contributed by atoms with Crippen molar-refractivity contribution in [2.75, 3.05) is 34.4 Å². The van der Waals surface area contributed by atoms with E-state index in [1.807, 2.05) is 18.2 Å². The first-order valence-electron chi connectivity index (χ1n) is 10.4. The molecule has 31 heavy (non-hydrogen) atoms. The van der Waals surface area contributed by atoms with Gasteiger partial charge in [0.25, 0.3) is 5.91 Å². The van der Waals surface area contributed by atoms with Crippen molar-refractivity contribution in [2.45, 2.75) is 31.6 Å². The molecule has 0 unspecified atom stereocenters. The van der Waals surface area contributed by atoms with Crippen molar-refractivity contribution < 1.29 is 22.7 Å². The number of benzene rings is 2. The lowest BCUT2D eigenvalue weighted by Gasteiger charge is -2.25. The number of piperidine rings is 1. The van der Waals surface area contributed by atoms with Gasteiger partial charge in [-0.3, -0.25) is 4.79 Å². The third-order valence-electron chi connectivity index (χ3n) is 5.47. The molecule has 1 aliphatic rings. The van der Waals surface area contributed by atoms with E-state index in [4.69, 9.17) is 9.47 Å². The quantitative estimate of drug-likeness (QED) is 0.622. The fourth-order valence-corrected chi connectivity index (χ4v) is 5.34. The molecule has 168 valence electrons. The summed E-state index contributed by atoms with van der Waals surface area (Å²) >= 11 is 0. The summed E-state index contributed by atoms with van der Waals surface area (Å²) in [7, 11) is 1.56. The van der Waals surface area contributed by atoms with E-state index in [9.17, 15) is 13.2 Å². The van der Waals surface area contributed by atoms with Gasteiger partial charge in [-0.2, -0.15) is 0 Å². The fourth-order valence-electron chi connectivity index (χ4n) is 3.73. The molecule has 7 nitrogen and oxygen atoms in total. The first kappa shape index (κ1) is 23.1. The minimum Gasteiger partial charge on any atom is -0.493 e. The van der Waals surface area contributed by atoms with E-state index < -0.39 is 10.0 Å². The molecular weight excluding hydrogens is 416 g/mol. The number of ether oxygens (including phenoxy) is 2. The molecule has 0 aromatic heterocycles. The van der Waals surface area contributed by atoms with E-state index in [1.54, 1.807) is 54.7 Å². The minimum atomic E-state index is -3.32. The van der Waals surface area contributed by atoms with Crippen LogP contribution in [0.1, 0.15) is 40.7 Å². The Bertz CT molecular complexity index is 999. The van der Waals surface area contributed by atoms with Crippen LogP contribution in [0.5, 0.6) is 11.5 Å². The Labute approximate surface area is 184 Å². The number of carbonyl (C=O) groups is 1. The number of carbonyl (C=O) groups excluding carboxylic acids is 1. The number of hydrogen-bond acceptors (Lipinski definition) is 5. The molecule has 0 N–H and O–H groups in total. The van der Waals surface area contributed by atoms with Crippen LogP contribution in [0.4, 0.5) is 0 Å². The van der Waals surface area contributed by atoms with Crippen LogP contribution in [0.2, 0.25) is 0 Å². The maximum absolute atomic E-state index is 12.8. The van der Waals surface area contributed by atoms with Gasteiger partial charge in [0.05, 0.1) is 20.0 Å². The average molecular weight is 447 g/mol. The average Bonchev–Trinajstić information content (AvgIpc) is 2.79. The Balaban J connectivity index is 1.64. The zero-order chi connectivity index (χ0) is 22.4. The molecule has 0 aliphatic carbocycles. The second-order valence-electron chi connectivity index (χ2n) is 7.76. The SMILES string of the molecule is COc1ccc(CN(C)C(=O)c2ccc(CS(=O)(=O)N3CCCCC3)cc2)cc1OC. The molecular formula is C23H30N2O5S. The van der Waals surface area contributed by atoms with E-state index in [0.29, 0.717) is 42.3 Å². The minimum absolute atomic E-state index is 0.0387. The second-order valence-corrected chi connectivity index (χ2v) is 9.73. The highest BCUT2D eigenvalue weighted by molar-refractivity contribution is 7.88. The van der Waals surface area contributed by atoms with Gasteiger partial charge in [-0.25, -0.2) is 12.7 Å². The lowest BCUT2D eigenvalue weighted by atomic mass is 10.1. The van der Waals surface area contributed by atoms with Crippen LogP contribution in [0.25, 0.3) is 0 Å². The van der Waals surface area contributed by atoms with Crippen molar-refractivity contribution in [3.8, 4) is 11.5 Å². The molecule has 1 amide bonds. The zero-order valence-electron chi connectivity index (χ0n) is 18.3. The van der Waals surface area contributed by atoms with Gasteiger partial charge in [0.1, 0.15) is 0 Å². The summed E-state index contributed by atoms with van der Waals surface area (Å²) in [5, 5.41) is 0. The van der Waals surface area contributed by atoms with Gasteiger partial charge in [0.2, 0.25) is 10.0 Å². The molecule has 0 saturated carbocycles. The van der Waals surface area contributed by atoms with Gasteiger partial charge in [0, 0.05) is 32.2 Å². The highest BCUT2D eigenvalue weighted by Gasteiger charge is 2.24. The summed E-state index contributed by atoms with van der Waals surface area (Å²) in [4.78, 5) is 14.4. The highest BCUT2D eigenvalue weighted by Crippen LogP contribution is 2.28. The predicted molar refractivity (Wildman–Crippen MR) is 120 cm³/mol. The van der Waals surface area contributed by atoms with Crippen LogP contribution >= 0.6 is 0 Å². The normalized spacial score (nSPS) is 14.8. The van der Waals surface area contributed by atoms with Crippen molar-refractivity contribution >= 4 is 15.9 Å². The summed E-state index contributed by atoms with van der Waals surface area (Å²) in [6.07, 6.45) is 2.91. The van der Waals surface area contributed by atoms with Gasteiger partial charge < -0.3 is 14.4 Å². The number of methoxy groups -OCH3 is 2. The Morgan fingerprint density at radius 2 is 1.55 bits per heavy atom. The van der Waals surface area contributed by atoms with Crippen LogP contribution in [0.15, 0.2) is 42.5 Å². The van der Waals surface area contributed by atoms with Crippen molar-refractivity contribution in [1.82, 2.24) is 9.21 Å². The standard InChI is InChI=1S/C23H30N2O5S/c1-24(16-19-9-12-21(29-2)22(15-19)30-3)23(26)20-10-7-18(8-11-20)17-31(27,28)25-13-5-4-6-14-25/h7-12,15H,4-6,13-14,16-17H2,1-3H3. The van der Waals surface area contributed by atoms with E-state index >= 15 is 0 Å². The van der Waals surface area contributed by atoms with Gasteiger partial charge in [-0.1, -0.05) is 24.6 Å². The van der Waals surface area contributed by atoms with Crippen molar-refractivity contribution in [3.63, 3.8) is 0 Å². The van der Waals surface area contributed by atoms with E-state index in [-0.39, 0.29) is 11.7 Å². The van der Waals surface area contributed by atoms with Crippen molar-refractivity contribution in [2.24, 2.45) is 0 Å². The molecule has 3 rings (SSSR count). The Hall–Kier alpha value is -2.58. The summed E-state index contributed by atoms with van der Waals surface area (Å²) in [6, 6.07) is 12.4. The van der Waals surface area contributed by atoms with Crippen LogP contribution in [0.3, 0.4) is 0 Å². The monoisotopic (exact) mass is 446 g/mol. The van der Waals surface area contributed by atoms with Gasteiger partial charge in [-0.05, 0) is 48.2 Å². The van der Waals surface area contributed by atoms with E-state index in [0.717, 1.165) is 24.8 Å². The van der Waals surface area contributed by atoms with Gasteiger partial charge >= 0.3 is 0 Å². The zero-order valence-corrected chi connectivity index (χ0v) is 19.2. The maximum atomic E-state index is 12.8. The van der Waals surface area contributed by atoms with Crippen LogP contribution in [-0.4, -0.2) is 57.9 Å². The highest BCUT2D eigenvalue weighted by atomic mass is 32.2. The van der Waals surface area contributed by atoms with Gasteiger partial charge in [-0.15, -0.1) is 0 Å². The molecule has 2 aromatic carbocycles. The molecule has 1 saturated heterocycles. The van der Waals surface area contributed by atoms with Crippen LogP contribution < -0.4 is 9.47 Å². The Morgan fingerprint density at radius 3 is 2.16 bits per heavy atom. The molecule has 0 spiro atoms. The summed E-state index contributed by atoms with van der Waals surface area (Å²) in [6.45, 7) is 1.60. The Kier molecular flexibility index (Phi) is 7.56. The molecule has 1 fully saturated rings. The number of nitrogens with zero attached hydrogens (tertiary/aromatic N) is 2. The van der Waals surface area contributed by atoms with Crippen molar-refractivity contribution in [3.05, 3.63) is 59.2 Å². The first-order chi connectivity index (χ1) is 14.8. The lowest BCUT2D eigenvalue weighted by molar-refractivity contribution is 0.0785. The largest absolute Gasteiger partial charge is 0.493 e. The molecule has 0 bridgehead atoms. The predicted octanol–water partition coefficient (Wildman–Crippen LogP) is 3.29. The molecule has 8 heteroatoms. The summed E-state index contributed by atoms with van der Waals surface area (Å²) in [5.74, 6) is 1.07. The smallest absolute Gasteiger partial charge is 0.253 e. The maximum Gasteiger partial charge on any atom is 0.253 e. The fraction of sp³-hybridized carbons (Fsp3) is 0.435. The van der Waals surface area contributed by atoms with E-state index in [2.05, 4.69) is 0 Å². The number of sulfonamides is 1. The molecule has 0 atom stereocenters. The van der Waals surface area contributed by atoms with Crippen LogP contribution in [0, 0.1) is 0 Å². The lowest BCUT2D eigenvalue weighted by Crippen LogP contribution is -2.36.